The fraction of sp³-hybridized carbons (Fsp3) is 0.333. The second kappa shape index (κ2) is 6.99. The highest BCUT2D eigenvalue weighted by molar-refractivity contribution is 7.17. The Morgan fingerprint density at radius 3 is 2.78 bits per heavy atom. The Morgan fingerprint density at radius 2 is 2.04 bits per heavy atom. The van der Waals surface area contributed by atoms with Crippen LogP contribution in [0, 0.1) is 6.92 Å². The van der Waals surface area contributed by atoms with E-state index in [2.05, 4.69) is 14.9 Å². The van der Waals surface area contributed by atoms with Crippen LogP contribution in [0.3, 0.4) is 0 Å². The van der Waals surface area contributed by atoms with E-state index in [4.69, 9.17) is 9.52 Å². The van der Waals surface area contributed by atoms with Crippen LogP contribution in [0.5, 0.6) is 0 Å². The Bertz CT molecular complexity index is 1000. The van der Waals surface area contributed by atoms with Gasteiger partial charge in [-0.05, 0) is 18.4 Å². The molecule has 0 bridgehead atoms. The number of piperazine rings is 1. The summed E-state index contributed by atoms with van der Waals surface area (Å²) in [6.45, 7) is 4.13. The largest absolute Gasteiger partial charge is 0.481 e. The maximum atomic E-state index is 12.9. The average Bonchev–Trinajstić information content (AvgIpc) is 3.27. The maximum absolute atomic E-state index is 12.9. The highest BCUT2D eigenvalue weighted by atomic mass is 32.1. The van der Waals surface area contributed by atoms with Crippen LogP contribution < -0.4 is 4.90 Å². The van der Waals surface area contributed by atoms with E-state index in [0.29, 0.717) is 37.3 Å². The van der Waals surface area contributed by atoms with Crippen LogP contribution in [-0.4, -0.2) is 58.0 Å². The molecule has 3 aromatic heterocycles. The van der Waals surface area contributed by atoms with Gasteiger partial charge in [0.15, 0.2) is 0 Å². The molecule has 4 rings (SSSR count). The number of carboxylic acids is 1. The molecule has 27 heavy (non-hydrogen) atoms. The molecule has 0 aromatic carbocycles. The van der Waals surface area contributed by atoms with Gasteiger partial charge in [0.25, 0.3) is 5.91 Å². The van der Waals surface area contributed by atoms with Gasteiger partial charge in [-0.3, -0.25) is 9.59 Å². The number of nitrogens with zero attached hydrogens (tertiary/aromatic N) is 4. The average molecular weight is 386 g/mol. The maximum Gasteiger partial charge on any atom is 0.311 e. The van der Waals surface area contributed by atoms with E-state index in [1.165, 1.54) is 6.26 Å². The number of hydrogen-bond acceptors (Lipinski definition) is 7. The molecule has 0 unspecified atom stereocenters. The summed E-state index contributed by atoms with van der Waals surface area (Å²) in [5.74, 6) is -0.0928. The molecule has 0 aliphatic carbocycles. The zero-order valence-electron chi connectivity index (χ0n) is 14.7. The Hall–Kier alpha value is -2.94. The lowest BCUT2D eigenvalue weighted by molar-refractivity contribution is -0.136. The molecule has 1 fully saturated rings. The molecule has 1 aliphatic heterocycles. The molecule has 1 N–H and O–H groups in total. The standard InChI is InChI=1S/C18H18N4O4S/c1-11-9-26-13(8-14(23)24)15(11)18(25)22-5-3-21(4-6-22)17-16-12(2-7-27-16)19-10-20-17/h2,7,9-10H,3-6,8H2,1H3,(H,23,24). The molecule has 1 saturated heterocycles. The molecular weight excluding hydrogens is 368 g/mol. The third-order valence-corrected chi connectivity index (χ3v) is 5.57. The van der Waals surface area contributed by atoms with Crippen LogP contribution in [-0.2, 0) is 11.2 Å². The van der Waals surface area contributed by atoms with Gasteiger partial charge in [0.2, 0.25) is 0 Å². The number of rotatable bonds is 4. The quantitative estimate of drug-likeness (QED) is 0.733. The van der Waals surface area contributed by atoms with E-state index in [0.717, 1.165) is 16.0 Å². The van der Waals surface area contributed by atoms with Gasteiger partial charge in [0, 0.05) is 31.7 Å². The van der Waals surface area contributed by atoms with Gasteiger partial charge in [-0.1, -0.05) is 0 Å². The summed E-state index contributed by atoms with van der Waals surface area (Å²) in [7, 11) is 0. The number of carboxylic acid groups (broad SMARTS) is 1. The minimum Gasteiger partial charge on any atom is -0.481 e. The predicted octanol–water partition coefficient (Wildman–Crippen LogP) is 2.18. The van der Waals surface area contributed by atoms with Crippen molar-refractivity contribution in [2.75, 3.05) is 31.1 Å². The number of aromatic nitrogens is 2. The van der Waals surface area contributed by atoms with Crippen molar-refractivity contribution in [1.82, 2.24) is 14.9 Å². The second-order valence-corrected chi connectivity index (χ2v) is 7.32. The lowest BCUT2D eigenvalue weighted by Gasteiger charge is -2.35. The number of aliphatic carboxylic acids is 1. The Balaban J connectivity index is 1.50. The van der Waals surface area contributed by atoms with E-state index >= 15 is 0 Å². The van der Waals surface area contributed by atoms with E-state index < -0.39 is 5.97 Å². The molecule has 0 atom stereocenters. The molecule has 9 heteroatoms. The smallest absolute Gasteiger partial charge is 0.311 e. The fourth-order valence-electron chi connectivity index (χ4n) is 3.33. The number of carbonyl (C=O) groups excluding carboxylic acids is 1. The first kappa shape index (κ1) is 17.5. The number of anilines is 1. The number of fused-ring (bicyclic) bond motifs is 1. The third-order valence-electron chi connectivity index (χ3n) is 4.67. The van der Waals surface area contributed by atoms with Gasteiger partial charge >= 0.3 is 5.97 Å². The van der Waals surface area contributed by atoms with E-state index in [9.17, 15) is 9.59 Å². The highest BCUT2D eigenvalue weighted by Crippen LogP contribution is 2.29. The number of furan rings is 1. The lowest BCUT2D eigenvalue weighted by Crippen LogP contribution is -2.49. The zero-order valence-corrected chi connectivity index (χ0v) is 15.5. The summed E-state index contributed by atoms with van der Waals surface area (Å²) < 4.78 is 6.34. The monoisotopic (exact) mass is 386 g/mol. The molecule has 4 heterocycles. The summed E-state index contributed by atoms with van der Waals surface area (Å²) in [6, 6.07) is 1.97. The fourth-order valence-corrected chi connectivity index (χ4v) is 4.19. The van der Waals surface area contributed by atoms with Gasteiger partial charge in [-0.25, -0.2) is 9.97 Å². The summed E-state index contributed by atoms with van der Waals surface area (Å²) >= 11 is 1.61. The molecule has 0 radical (unpaired) electrons. The van der Waals surface area contributed by atoms with Gasteiger partial charge in [0.05, 0.1) is 22.0 Å². The van der Waals surface area contributed by atoms with Crippen molar-refractivity contribution in [3.05, 3.63) is 40.9 Å². The molecule has 3 aromatic rings. The van der Waals surface area contributed by atoms with Crippen molar-refractivity contribution in [3.63, 3.8) is 0 Å². The van der Waals surface area contributed by atoms with Gasteiger partial charge in [0.1, 0.15) is 24.3 Å². The zero-order chi connectivity index (χ0) is 19.0. The van der Waals surface area contributed by atoms with Gasteiger partial charge < -0.3 is 19.3 Å². The van der Waals surface area contributed by atoms with Crippen molar-refractivity contribution in [2.24, 2.45) is 0 Å². The molecule has 1 amide bonds. The summed E-state index contributed by atoms with van der Waals surface area (Å²) in [5, 5.41) is 11.0. The summed E-state index contributed by atoms with van der Waals surface area (Å²) in [6.07, 6.45) is 2.71. The molecule has 140 valence electrons. The van der Waals surface area contributed by atoms with E-state index in [1.807, 2.05) is 11.4 Å². The third kappa shape index (κ3) is 3.25. The van der Waals surface area contributed by atoms with Crippen LogP contribution in [0.1, 0.15) is 21.7 Å². The number of hydrogen-bond donors (Lipinski definition) is 1. The van der Waals surface area contributed by atoms with E-state index in [-0.39, 0.29) is 18.1 Å². The van der Waals surface area contributed by atoms with Crippen molar-refractivity contribution in [2.45, 2.75) is 13.3 Å². The van der Waals surface area contributed by atoms with Crippen LogP contribution in [0.15, 0.2) is 28.5 Å². The van der Waals surface area contributed by atoms with E-state index in [1.54, 1.807) is 29.5 Å². The molecule has 0 spiro atoms. The second-order valence-electron chi connectivity index (χ2n) is 6.40. The number of thiophene rings is 1. The van der Waals surface area contributed by atoms with Gasteiger partial charge in [-0.15, -0.1) is 11.3 Å². The Morgan fingerprint density at radius 1 is 1.26 bits per heavy atom. The van der Waals surface area contributed by atoms with Crippen molar-refractivity contribution in [1.29, 1.82) is 0 Å². The first-order valence-electron chi connectivity index (χ1n) is 8.56. The van der Waals surface area contributed by atoms with Crippen LogP contribution in [0.2, 0.25) is 0 Å². The van der Waals surface area contributed by atoms with Crippen LogP contribution in [0.4, 0.5) is 5.82 Å². The number of amides is 1. The molecule has 8 nitrogen and oxygen atoms in total. The van der Waals surface area contributed by atoms with Crippen molar-refractivity contribution < 1.29 is 19.1 Å². The topological polar surface area (TPSA) is 99.8 Å². The van der Waals surface area contributed by atoms with Crippen LogP contribution in [0.25, 0.3) is 10.2 Å². The minimum atomic E-state index is -1.02. The number of carbonyl (C=O) groups is 2. The van der Waals surface area contributed by atoms with Crippen molar-refractivity contribution in [3.8, 4) is 0 Å². The first-order valence-corrected chi connectivity index (χ1v) is 9.43. The molecule has 0 saturated carbocycles. The molecular formula is C18H18N4O4S. The predicted molar refractivity (Wildman–Crippen MR) is 100 cm³/mol. The first-order chi connectivity index (χ1) is 13.0. The molecule has 1 aliphatic rings. The SMILES string of the molecule is Cc1coc(CC(=O)O)c1C(=O)N1CCN(c2ncnc3ccsc23)CC1. The van der Waals surface area contributed by atoms with Gasteiger partial charge in [-0.2, -0.15) is 0 Å². The van der Waals surface area contributed by atoms with Crippen LogP contribution >= 0.6 is 11.3 Å². The summed E-state index contributed by atoms with van der Waals surface area (Å²) in [5.41, 5.74) is 1.96. The lowest BCUT2D eigenvalue weighted by atomic mass is 10.1. The summed E-state index contributed by atoms with van der Waals surface area (Å²) in [4.78, 5) is 36.5. The van der Waals surface area contributed by atoms with Crippen molar-refractivity contribution >= 4 is 39.2 Å². The Kier molecular flexibility index (Phi) is 4.53. The Labute approximate surface area is 159 Å². The highest BCUT2D eigenvalue weighted by Gasteiger charge is 2.28. The normalized spacial score (nSPS) is 14.7. The number of aryl methyl sites for hydroxylation is 1. The minimum absolute atomic E-state index is 0.180.